The summed E-state index contributed by atoms with van der Waals surface area (Å²) >= 11 is 6.23. The Kier molecular flexibility index (Phi) is 3.51. The number of alkyl halides is 1. The van der Waals surface area contributed by atoms with Crippen molar-refractivity contribution in [1.82, 2.24) is 5.32 Å². The topological polar surface area (TPSA) is 12.0 Å². The Morgan fingerprint density at radius 3 is 2.65 bits per heavy atom. The maximum atomic E-state index is 6.23. The van der Waals surface area contributed by atoms with Gasteiger partial charge in [0.2, 0.25) is 0 Å². The maximum Gasteiger partial charge on any atom is 0.0416 e. The third kappa shape index (κ3) is 2.51. The lowest BCUT2D eigenvalue weighted by molar-refractivity contribution is 0.115. The van der Waals surface area contributed by atoms with Gasteiger partial charge in [-0.25, -0.2) is 0 Å². The SMILES string of the molecule is Cc1ccc(C)c(CNC2CC(Cl)C2(C)C)c1. The van der Waals surface area contributed by atoms with Gasteiger partial charge in [0.25, 0.3) is 0 Å². The molecule has 94 valence electrons. The highest BCUT2D eigenvalue weighted by Crippen LogP contribution is 2.44. The van der Waals surface area contributed by atoms with Crippen LogP contribution < -0.4 is 5.32 Å². The molecule has 1 aliphatic carbocycles. The van der Waals surface area contributed by atoms with Crippen LogP contribution in [-0.2, 0) is 6.54 Å². The fraction of sp³-hybridized carbons (Fsp3) is 0.600. The van der Waals surface area contributed by atoms with E-state index >= 15 is 0 Å². The molecule has 2 heteroatoms. The third-order valence-corrected chi connectivity index (χ3v) is 4.93. The molecular formula is C15H22ClN. The summed E-state index contributed by atoms with van der Waals surface area (Å²) in [6, 6.07) is 7.18. The van der Waals surface area contributed by atoms with Gasteiger partial charge in [-0.1, -0.05) is 37.6 Å². The van der Waals surface area contributed by atoms with E-state index < -0.39 is 0 Å². The normalized spacial score (nSPS) is 26.6. The molecule has 0 aliphatic heterocycles. The van der Waals surface area contributed by atoms with Gasteiger partial charge in [-0.05, 0) is 36.8 Å². The van der Waals surface area contributed by atoms with E-state index in [4.69, 9.17) is 11.6 Å². The molecular weight excluding hydrogens is 230 g/mol. The van der Waals surface area contributed by atoms with Crippen molar-refractivity contribution in [2.24, 2.45) is 5.41 Å². The van der Waals surface area contributed by atoms with Crippen molar-refractivity contribution in [3.63, 3.8) is 0 Å². The number of hydrogen-bond donors (Lipinski definition) is 1. The second-order valence-corrected chi connectivity index (χ2v) is 6.41. The van der Waals surface area contributed by atoms with E-state index in [1.807, 2.05) is 0 Å². The zero-order valence-corrected chi connectivity index (χ0v) is 11.9. The van der Waals surface area contributed by atoms with Crippen LogP contribution in [0.5, 0.6) is 0 Å². The minimum Gasteiger partial charge on any atom is -0.309 e. The fourth-order valence-electron chi connectivity index (χ4n) is 2.44. The van der Waals surface area contributed by atoms with E-state index in [0.29, 0.717) is 11.4 Å². The van der Waals surface area contributed by atoms with Crippen molar-refractivity contribution in [2.75, 3.05) is 0 Å². The van der Waals surface area contributed by atoms with Gasteiger partial charge >= 0.3 is 0 Å². The molecule has 2 rings (SSSR count). The largest absolute Gasteiger partial charge is 0.309 e. The van der Waals surface area contributed by atoms with Crippen LogP contribution in [0, 0.1) is 19.3 Å². The minimum absolute atomic E-state index is 0.222. The van der Waals surface area contributed by atoms with E-state index in [2.05, 4.69) is 51.2 Å². The number of hydrogen-bond acceptors (Lipinski definition) is 1. The summed E-state index contributed by atoms with van der Waals surface area (Å²) in [4.78, 5) is 0. The van der Waals surface area contributed by atoms with Crippen LogP contribution >= 0.6 is 11.6 Å². The van der Waals surface area contributed by atoms with Crippen LogP contribution in [0.15, 0.2) is 18.2 Å². The van der Waals surface area contributed by atoms with Gasteiger partial charge < -0.3 is 5.32 Å². The average molecular weight is 252 g/mol. The first-order valence-electron chi connectivity index (χ1n) is 6.35. The van der Waals surface area contributed by atoms with Gasteiger partial charge in [-0.3, -0.25) is 0 Å². The zero-order valence-electron chi connectivity index (χ0n) is 11.2. The summed E-state index contributed by atoms with van der Waals surface area (Å²) in [5, 5.41) is 3.96. The number of rotatable bonds is 3. The lowest BCUT2D eigenvalue weighted by Gasteiger charge is -2.49. The number of benzene rings is 1. The Bertz CT molecular complexity index is 411. The Morgan fingerprint density at radius 1 is 1.35 bits per heavy atom. The number of nitrogens with one attached hydrogen (secondary N) is 1. The number of aryl methyl sites for hydroxylation is 2. The highest BCUT2D eigenvalue weighted by Gasteiger charge is 2.46. The van der Waals surface area contributed by atoms with E-state index in [0.717, 1.165) is 13.0 Å². The van der Waals surface area contributed by atoms with E-state index in [1.165, 1.54) is 16.7 Å². The maximum absolute atomic E-state index is 6.23. The molecule has 0 aromatic heterocycles. The first kappa shape index (κ1) is 12.9. The molecule has 1 saturated carbocycles. The molecule has 0 saturated heterocycles. The molecule has 17 heavy (non-hydrogen) atoms. The molecule has 1 N–H and O–H groups in total. The Balaban J connectivity index is 1.97. The smallest absolute Gasteiger partial charge is 0.0416 e. The molecule has 2 atom stereocenters. The van der Waals surface area contributed by atoms with Crippen LogP contribution in [0.3, 0.4) is 0 Å². The first-order chi connectivity index (χ1) is 7.91. The summed E-state index contributed by atoms with van der Waals surface area (Å²) in [6.07, 6.45) is 1.08. The van der Waals surface area contributed by atoms with Gasteiger partial charge in [0.1, 0.15) is 0 Å². The second-order valence-electron chi connectivity index (χ2n) is 5.89. The van der Waals surface area contributed by atoms with Crippen molar-refractivity contribution in [3.8, 4) is 0 Å². The van der Waals surface area contributed by atoms with Crippen LogP contribution in [0.2, 0.25) is 0 Å². The first-order valence-corrected chi connectivity index (χ1v) is 6.78. The summed E-state index contributed by atoms with van der Waals surface area (Å²) in [5.41, 5.74) is 4.32. The highest BCUT2D eigenvalue weighted by atomic mass is 35.5. The summed E-state index contributed by atoms with van der Waals surface area (Å²) in [5.74, 6) is 0. The lowest BCUT2D eigenvalue weighted by atomic mass is 9.66. The van der Waals surface area contributed by atoms with Crippen molar-refractivity contribution >= 4 is 11.6 Å². The Labute approximate surface area is 110 Å². The predicted molar refractivity (Wildman–Crippen MR) is 74.6 cm³/mol. The standard InChI is InChI=1S/C15H22ClN/c1-10-5-6-11(2)12(7-10)9-17-14-8-13(16)15(14,3)4/h5-7,13-14,17H,8-9H2,1-4H3. The van der Waals surface area contributed by atoms with Crippen LogP contribution in [-0.4, -0.2) is 11.4 Å². The van der Waals surface area contributed by atoms with E-state index in [9.17, 15) is 0 Å². The average Bonchev–Trinajstić information content (AvgIpc) is 2.28. The van der Waals surface area contributed by atoms with Crippen molar-refractivity contribution in [2.45, 2.75) is 52.1 Å². The molecule has 0 bridgehead atoms. The predicted octanol–water partition coefficient (Wildman–Crippen LogP) is 3.80. The van der Waals surface area contributed by atoms with Gasteiger partial charge in [-0.2, -0.15) is 0 Å². The lowest BCUT2D eigenvalue weighted by Crippen LogP contribution is -2.57. The molecule has 2 unspecified atom stereocenters. The number of halogens is 1. The summed E-state index contributed by atoms with van der Waals surface area (Å²) in [7, 11) is 0. The van der Waals surface area contributed by atoms with Crippen molar-refractivity contribution in [1.29, 1.82) is 0 Å². The minimum atomic E-state index is 0.222. The third-order valence-electron chi connectivity index (χ3n) is 4.19. The van der Waals surface area contributed by atoms with Crippen molar-refractivity contribution in [3.05, 3.63) is 34.9 Å². The second kappa shape index (κ2) is 4.62. The van der Waals surface area contributed by atoms with Gasteiger partial charge in [0, 0.05) is 18.0 Å². The molecule has 1 aliphatic rings. The van der Waals surface area contributed by atoms with Gasteiger partial charge in [0.15, 0.2) is 0 Å². The zero-order chi connectivity index (χ0) is 12.6. The monoisotopic (exact) mass is 251 g/mol. The van der Waals surface area contributed by atoms with Gasteiger partial charge in [0.05, 0.1) is 0 Å². The molecule has 0 radical (unpaired) electrons. The summed E-state index contributed by atoms with van der Waals surface area (Å²) in [6.45, 7) is 9.76. The molecule has 0 spiro atoms. The van der Waals surface area contributed by atoms with Crippen molar-refractivity contribution < 1.29 is 0 Å². The molecule has 1 fully saturated rings. The quantitative estimate of drug-likeness (QED) is 0.806. The molecule has 0 amide bonds. The van der Waals surface area contributed by atoms with Crippen LogP contribution in [0.1, 0.15) is 37.0 Å². The molecule has 1 aromatic rings. The molecule has 1 nitrogen and oxygen atoms in total. The Hall–Kier alpha value is -0.530. The van der Waals surface area contributed by atoms with Crippen LogP contribution in [0.4, 0.5) is 0 Å². The highest BCUT2D eigenvalue weighted by molar-refractivity contribution is 6.21. The summed E-state index contributed by atoms with van der Waals surface area (Å²) < 4.78 is 0. The molecule has 1 aromatic carbocycles. The van der Waals surface area contributed by atoms with Gasteiger partial charge in [-0.15, -0.1) is 11.6 Å². The van der Waals surface area contributed by atoms with Crippen LogP contribution in [0.25, 0.3) is 0 Å². The van der Waals surface area contributed by atoms with E-state index in [1.54, 1.807) is 0 Å². The molecule has 0 heterocycles. The Morgan fingerprint density at radius 2 is 2.06 bits per heavy atom. The fourth-order valence-corrected chi connectivity index (χ4v) is 2.77. The van der Waals surface area contributed by atoms with E-state index in [-0.39, 0.29) is 5.41 Å².